The van der Waals surface area contributed by atoms with Gasteiger partial charge in [-0.2, -0.15) is 0 Å². The predicted molar refractivity (Wildman–Crippen MR) is 90.0 cm³/mol. The SMILES string of the molecule is CN1CC[C@H](C(=O)NCc2cccc(Cn3ccnc3)c2)CC1=O. The summed E-state index contributed by atoms with van der Waals surface area (Å²) in [6.07, 6.45) is 6.50. The Hall–Kier alpha value is -2.63. The molecule has 3 rings (SSSR count). The molecule has 1 aromatic heterocycles. The summed E-state index contributed by atoms with van der Waals surface area (Å²) in [4.78, 5) is 29.7. The number of benzene rings is 1. The second kappa shape index (κ2) is 7.29. The van der Waals surface area contributed by atoms with Crippen LogP contribution in [0.15, 0.2) is 43.0 Å². The Balaban J connectivity index is 1.54. The van der Waals surface area contributed by atoms with E-state index in [9.17, 15) is 9.59 Å². The van der Waals surface area contributed by atoms with Gasteiger partial charge in [-0.25, -0.2) is 4.98 Å². The summed E-state index contributed by atoms with van der Waals surface area (Å²) in [7, 11) is 1.78. The average Bonchev–Trinajstić information content (AvgIpc) is 3.08. The highest BCUT2D eigenvalue weighted by molar-refractivity contribution is 5.86. The smallest absolute Gasteiger partial charge is 0.223 e. The maximum atomic E-state index is 12.3. The average molecular weight is 326 g/mol. The topological polar surface area (TPSA) is 67.2 Å². The lowest BCUT2D eigenvalue weighted by Crippen LogP contribution is -2.41. The van der Waals surface area contributed by atoms with Crippen LogP contribution in [0.25, 0.3) is 0 Å². The van der Waals surface area contributed by atoms with E-state index in [1.54, 1.807) is 24.5 Å². The van der Waals surface area contributed by atoms with Gasteiger partial charge in [0, 0.05) is 51.4 Å². The van der Waals surface area contributed by atoms with Gasteiger partial charge < -0.3 is 14.8 Å². The molecule has 1 fully saturated rings. The van der Waals surface area contributed by atoms with Crippen molar-refractivity contribution >= 4 is 11.8 Å². The molecule has 2 aromatic rings. The predicted octanol–water partition coefficient (Wildman–Crippen LogP) is 1.42. The first kappa shape index (κ1) is 16.2. The normalized spacial score (nSPS) is 17.8. The van der Waals surface area contributed by atoms with Crippen molar-refractivity contribution in [2.75, 3.05) is 13.6 Å². The molecular formula is C18H22N4O2. The summed E-state index contributed by atoms with van der Waals surface area (Å²) in [5, 5.41) is 2.96. The summed E-state index contributed by atoms with van der Waals surface area (Å²) >= 11 is 0. The van der Waals surface area contributed by atoms with E-state index in [0.29, 0.717) is 19.5 Å². The molecule has 1 aliphatic rings. The van der Waals surface area contributed by atoms with Crippen molar-refractivity contribution in [1.82, 2.24) is 19.8 Å². The molecular weight excluding hydrogens is 304 g/mol. The molecule has 1 N–H and O–H groups in total. The van der Waals surface area contributed by atoms with Crippen LogP contribution in [0, 0.1) is 5.92 Å². The number of amides is 2. The number of hydrogen-bond donors (Lipinski definition) is 1. The number of hydrogen-bond acceptors (Lipinski definition) is 3. The molecule has 0 unspecified atom stereocenters. The van der Waals surface area contributed by atoms with Crippen molar-refractivity contribution in [1.29, 1.82) is 0 Å². The zero-order valence-electron chi connectivity index (χ0n) is 13.8. The minimum Gasteiger partial charge on any atom is -0.352 e. The van der Waals surface area contributed by atoms with Crippen molar-refractivity contribution < 1.29 is 9.59 Å². The van der Waals surface area contributed by atoms with Crippen LogP contribution >= 0.6 is 0 Å². The maximum absolute atomic E-state index is 12.3. The van der Waals surface area contributed by atoms with Gasteiger partial charge in [-0.1, -0.05) is 24.3 Å². The van der Waals surface area contributed by atoms with Crippen LogP contribution in [0.5, 0.6) is 0 Å². The van der Waals surface area contributed by atoms with Crippen molar-refractivity contribution in [3.8, 4) is 0 Å². The summed E-state index contributed by atoms with van der Waals surface area (Å²) in [6.45, 7) is 1.89. The van der Waals surface area contributed by atoms with Crippen molar-refractivity contribution in [2.24, 2.45) is 5.92 Å². The Morgan fingerprint density at radius 2 is 2.21 bits per heavy atom. The standard InChI is InChI=1S/C18H22N4O2/c1-21-7-5-16(10-17(21)23)18(24)20-11-14-3-2-4-15(9-14)12-22-8-6-19-13-22/h2-4,6,8-9,13,16H,5,7,10-12H2,1H3,(H,20,24)/t16-/m0/s1. The second-order valence-electron chi connectivity index (χ2n) is 6.28. The molecule has 126 valence electrons. The lowest BCUT2D eigenvalue weighted by Gasteiger charge is -2.27. The lowest BCUT2D eigenvalue weighted by molar-refractivity contribution is -0.139. The van der Waals surface area contributed by atoms with Crippen LogP contribution < -0.4 is 5.32 Å². The first-order chi connectivity index (χ1) is 11.6. The van der Waals surface area contributed by atoms with Gasteiger partial charge in [0.05, 0.1) is 6.33 Å². The highest BCUT2D eigenvalue weighted by atomic mass is 16.2. The molecule has 0 saturated carbocycles. The molecule has 2 amide bonds. The molecule has 1 atom stereocenters. The molecule has 0 aliphatic carbocycles. The fourth-order valence-corrected chi connectivity index (χ4v) is 2.93. The van der Waals surface area contributed by atoms with Gasteiger partial charge in [0.2, 0.25) is 11.8 Å². The van der Waals surface area contributed by atoms with Crippen LogP contribution in [-0.2, 0) is 22.7 Å². The quantitative estimate of drug-likeness (QED) is 0.903. The Morgan fingerprint density at radius 3 is 2.96 bits per heavy atom. The molecule has 1 aliphatic heterocycles. The van der Waals surface area contributed by atoms with Gasteiger partial charge in [0.15, 0.2) is 0 Å². The van der Waals surface area contributed by atoms with E-state index in [1.807, 2.05) is 22.9 Å². The number of piperidine rings is 1. The minimum atomic E-state index is -0.206. The third-order valence-corrected chi connectivity index (χ3v) is 4.41. The maximum Gasteiger partial charge on any atom is 0.223 e. The van der Waals surface area contributed by atoms with Crippen LogP contribution in [0.1, 0.15) is 24.0 Å². The molecule has 0 bridgehead atoms. The summed E-state index contributed by atoms with van der Waals surface area (Å²) in [5.41, 5.74) is 2.22. The summed E-state index contributed by atoms with van der Waals surface area (Å²) in [5.74, 6) is -0.192. The monoisotopic (exact) mass is 326 g/mol. The molecule has 0 radical (unpaired) electrons. The van der Waals surface area contributed by atoms with E-state index in [2.05, 4.69) is 22.4 Å². The Kier molecular flexibility index (Phi) is 4.93. The van der Waals surface area contributed by atoms with E-state index in [0.717, 1.165) is 24.1 Å². The number of carbonyl (C=O) groups is 2. The van der Waals surface area contributed by atoms with Crippen LogP contribution in [-0.4, -0.2) is 39.9 Å². The van der Waals surface area contributed by atoms with Crippen LogP contribution in [0.2, 0.25) is 0 Å². The zero-order valence-corrected chi connectivity index (χ0v) is 13.8. The number of aromatic nitrogens is 2. The number of imidazole rings is 1. The van der Waals surface area contributed by atoms with Gasteiger partial charge in [0.1, 0.15) is 0 Å². The molecule has 1 aromatic carbocycles. The third kappa shape index (κ3) is 4.01. The first-order valence-corrected chi connectivity index (χ1v) is 8.17. The van der Waals surface area contributed by atoms with E-state index in [1.165, 1.54) is 0 Å². The van der Waals surface area contributed by atoms with E-state index in [4.69, 9.17) is 0 Å². The van der Waals surface area contributed by atoms with Crippen molar-refractivity contribution in [3.63, 3.8) is 0 Å². The number of likely N-dealkylation sites (tertiary alicyclic amines) is 1. The zero-order chi connectivity index (χ0) is 16.9. The highest BCUT2D eigenvalue weighted by Crippen LogP contribution is 2.17. The van der Waals surface area contributed by atoms with E-state index in [-0.39, 0.29) is 17.7 Å². The minimum absolute atomic E-state index is 0.0311. The third-order valence-electron chi connectivity index (χ3n) is 4.41. The Bertz CT molecular complexity index is 712. The Labute approximate surface area is 141 Å². The number of nitrogens with one attached hydrogen (secondary N) is 1. The first-order valence-electron chi connectivity index (χ1n) is 8.17. The van der Waals surface area contributed by atoms with E-state index < -0.39 is 0 Å². The number of rotatable bonds is 5. The van der Waals surface area contributed by atoms with Crippen molar-refractivity contribution in [3.05, 3.63) is 54.1 Å². The summed E-state index contributed by atoms with van der Waals surface area (Å²) < 4.78 is 2.00. The lowest BCUT2D eigenvalue weighted by atomic mass is 9.95. The largest absolute Gasteiger partial charge is 0.352 e. The summed E-state index contributed by atoms with van der Waals surface area (Å²) in [6, 6.07) is 8.13. The van der Waals surface area contributed by atoms with E-state index >= 15 is 0 Å². The second-order valence-corrected chi connectivity index (χ2v) is 6.28. The molecule has 24 heavy (non-hydrogen) atoms. The molecule has 6 nitrogen and oxygen atoms in total. The van der Waals surface area contributed by atoms with Gasteiger partial charge >= 0.3 is 0 Å². The van der Waals surface area contributed by atoms with Gasteiger partial charge in [-0.3, -0.25) is 9.59 Å². The van der Waals surface area contributed by atoms with Gasteiger partial charge in [0.25, 0.3) is 0 Å². The fraction of sp³-hybridized carbons (Fsp3) is 0.389. The fourth-order valence-electron chi connectivity index (χ4n) is 2.93. The molecule has 0 spiro atoms. The van der Waals surface area contributed by atoms with Crippen LogP contribution in [0.4, 0.5) is 0 Å². The van der Waals surface area contributed by atoms with Crippen molar-refractivity contribution in [2.45, 2.75) is 25.9 Å². The molecule has 6 heteroatoms. The Morgan fingerprint density at radius 1 is 1.38 bits per heavy atom. The number of carbonyl (C=O) groups excluding carboxylic acids is 2. The number of nitrogens with zero attached hydrogens (tertiary/aromatic N) is 3. The van der Waals surface area contributed by atoms with Gasteiger partial charge in [-0.15, -0.1) is 0 Å². The van der Waals surface area contributed by atoms with Gasteiger partial charge in [-0.05, 0) is 17.5 Å². The molecule has 1 saturated heterocycles. The molecule has 2 heterocycles. The highest BCUT2D eigenvalue weighted by Gasteiger charge is 2.28. The van der Waals surface area contributed by atoms with Crippen LogP contribution in [0.3, 0.4) is 0 Å².